The Labute approximate surface area is 153 Å². The van der Waals surface area contributed by atoms with Gasteiger partial charge >= 0.3 is 0 Å². The summed E-state index contributed by atoms with van der Waals surface area (Å²) in [6, 6.07) is 8.59. The Hall–Kier alpha value is -1.17. The maximum Gasteiger partial charge on any atom is 0.0902 e. The molecule has 0 fully saturated rings. The van der Waals surface area contributed by atoms with E-state index in [2.05, 4.69) is 51.8 Å². The zero-order valence-corrected chi connectivity index (χ0v) is 16.4. The molecule has 0 aliphatic rings. The standard InChI is InChI=1S/C19H27BrN2O2/c1-4-6-7-18-11-17(14-23-3)21-22(18)12-15-8-9-19(20)16(10-15)13-24-5-2/h8-11H,4-7,12-14H2,1-3H3. The van der Waals surface area contributed by atoms with Crippen molar-refractivity contribution in [3.8, 4) is 0 Å². The summed E-state index contributed by atoms with van der Waals surface area (Å²) in [5.74, 6) is 0. The third-order valence-corrected chi connectivity index (χ3v) is 4.67. The van der Waals surface area contributed by atoms with Crippen molar-refractivity contribution in [2.24, 2.45) is 0 Å². The van der Waals surface area contributed by atoms with Gasteiger partial charge < -0.3 is 9.47 Å². The molecule has 0 aliphatic carbocycles. The number of ether oxygens (including phenoxy) is 2. The summed E-state index contributed by atoms with van der Waals surface area (Å²) in [7, 11) is 1.71. The minimum absolute atomic E-state index is 0.558. The second-order valence-electron chi connectivity index (χ2n) is 5.88. The van der Waals surface area contributed by atoms with Crippen LogP contribution in [0.15, 0.2) is 28.7 Å². The van der Waals surface area contributed by atoms with E-state index in [0.717, 1.165) is 29.7 Å². The van der Waals surface area contributed by atoms with Gasteiger partial charge in [0.25, 0.3) is 0 Å². The van der Waals surface area contributed by atoms with Crippen LogP contribution in [0.1, 0.15) is 49.2 Å². The van der Waals surface area contributed by atoms with E-state index < -0.39 is 0 Å². The number of halogens is 1. The van der Waals surface area contributed by atoms with Gasteiger partial charge in [0.2, 0.25) is 0 Å². The Balaban J connectivity index is 2.19. The molecule has 0 atom stereocenters. The van der Waals surface area contributed by atoms with Crippen LogP contribution < -0.4 is 0 Å². The summed E-state index contributed by atoms with van der Waals surface area (Å²) in [6.45, 7) is 6.90. The predicted molar refractivity (Wildman–Crippen MR) is 100 cm³/mol. The van der Waals surface area contributed by atoms with E-state index in [1.165, 1.54) is 29.7 Å². The van der Waals surface area contributed by atoms with Crippen molar-refractivity contribution in [2.45, 2.75) is 52.9 Å². The smallest absolute Gasteiger partial charge is 0.0902 e. The molecule has 2 aromatic rings. The second-order valence-corrected chi connectivity index (χ2v) is 6.74. The molecule has 0 bridgehead atoms. The number of hydrogen-bond donors (Lipinski definition) is 0. The normalized spacial score (nSPS) is 11.2. The first-order valence-electron chi connectivity index (χ1n) is 8.57. The van der Waals surface area contributed by atoms with Crippen LogP contribution in [0.5, 0.6) is 0 Å². The number of aryl methyl sites for hydroxylation is 1. The molecule has 0 radical (unpaired) electrons. The van der Waals surface area contributed by atoms with Gasteiger partial charge in [0, 0.05) is 23.9 Å². The second kappa shape index (κ2) is 9.97. The lowest BCUT2D eigenvalue weighted by atomic mass is 10.1. The summed E-state index contributed by atoms with van der Waals surface area (Å²) < 4.78 is 14.0. The van der Waals surface area contributed by atoms with E-state index in [-0.39, 0.29) is 0 Å². The minimum Gasteiger partial charge on any atom is -0.378 e. The maximum absolute atomic E-state index is 5.55. The van der Waals surface area contributed by atoms with Crippen molar-refractivity contribution in [2.75, 3.05) is 13.7 Å². The molecule has 5 heteroatoms. The van der Waals surface area contributed by atoms with Crippen LogP contribution in [-0.4, -0.2) is 23.5 Å². The van der Waals surface area contributed by atoms with E-state index in [1.807, 2.05) is 6.92 Å². The first kappa shape index (κ1) is 19.2. The molecule has 4 nitrogen and oxygen atoms in total. The molecule has 0 spiro atoms. The molecule has 0 saturated carbocycles. The molecule has 1 heterocycles. The summed E-state index contributed by atoms with van der Waals surface area (Å²) in [5.41, 5.74) is 4.68. The van der Waals surface area contributed by atoms with Crippen LogP contribution in [0, 0.1) is 0 Å². The van der Waals surface area contributed by atoms with Gasteiger partial charge in [0.15, 0.2) is 0 Å². The van der Waals surface area contributed by atoms with Crippen LogP contribution >= 0.6 is 15.9 Å². The summed E-state index contributed by atoms with van der Waals surface area (Å²) in [5, 5.41) is 4.71. The van der Waals surface area contributed by atoms with Crippen molar-refractivity contribution >= 4 is 15.9 Å². The molecular formula is C19H27BrN2O2. The Bertz CT molecular complexity index is 640. The van der Waals surface area contributed by atoms with Gasteiger partial charge in [-0.25, -0.2) is 0 Å². The molecule has 24 heavy (non-hydrogen) atoms. The van der Waals surface area contributed by atoms with Crippen molar-refractivity contribution in [1.29, 1.82) is 0 Å². The monoisotopic (exact) mass is 394 g/mol. The highest BCUT2D eigenvalue weighted by Crippen LogP contribution is 2.21. The van der Waals surface area contributed by atoms with Crippen molar-refractivity contribution in [1.82, 2.24) is 9.78 Å². The number of nitrogens with zero attached hydrogens (tertiary/aromatic N) is 2. The van der Waals surface area contributed by atoms with Crippen LogP contribution in [0.25, 0.3) is 0 Å². The Kier molecular flexibility index (Phi) is 7.95. The molecule has 0 aliphatic heterocycles. The first-order chi connectivity index (χ1) is 11.7. The third kappa shape index (κ3) is 5.43. The first-order valence-corrected chi connectivity index (χ1v) is 9.36. The van der Waals surface area contributed by atoms with Crippen molar-refractivity contribution in [3.63, 3.8) is 0 Å². The topological polar surface area (TPSA) is 36.3 Å². The van der Waals surface area contributed by atoms with Gasteiger partial charge in [0.05, 0.1) is 25.5 Å². The van der Waals surface area contributed by atoms with Crippen LogP contribution in [-0.2, 0) is 35.7 Å². The predicted octanol–water partition coefficient (Wildman–Crippen LogP) is 4.72. The van der Waals surface area contributed by atoms with Gasteiger partial charge in [-0.3, -0.25) is 4.68 Å². The maximum atomic E-state index is 5.55. The molecule has 0 saturated heterocycles. The lowest BCUT2D eigenvalue weighted by molar-refractivity contribution is 0.133. The van der Waals surface area contributed by atoms with Gasteiger partial charge in [-0.15, -0.1) is 0 Å². The van der Waals surface area contributed by atoms with Gasteiger partial charge in [0.1, 0.15) is 0 Å². The fraction of sp³-hybridized carbons (Fsp3) is 0.526. The molecule has 1 aromatic heterocycles. The van der Waals surface area contributed by atoms with Crippen molar-refractivity contribution < 1.29 is 9.47 Å². The number of benzene rings is 1. The summed E-state index contributed by atoms with van der Waals surface area (Å²) >= 11 is 3.60. The number of rotatable bonds is 10. The number of aromatic nitrogens is 2. The number of unbranched alkanes of at least 4 members (excludes halogenated alkanes) is 1. The number of methoxy groups -OCH3 is 1. The highest BCUT2D eigenvalue weighted by atomic mass is 79.9. The van der Waals surface area contributed by atoms with E-state index in [4.69, 9.17) is 14.6 Å². The Morgan fingerprint density at radius 1 is 1.17 bits per heavy atom. The fourth-order valence-corrected chi connectivity index (χ4v) is 3.01. The molecule has 0 N–H and O–H groups in total. The fourth-order valence-electron chi connectivity index (χ4n) is 2.65. The van der Waals surface area contributed by atoms with Crippen molar-refractivity contribution in [3.05, 3.63) is 51.3 Å². The van der Waals surface area contributed by atoms with E-state index in [1.54, 1.807) is 7.11 Å². The number of hydrogen-bond acceptors (Lipinski definition) is 3. The average Bonchev–Trinajstić information content (AvgIpc) is 2.95. The van der Waals surface area contributed by atoms with E-state index in [0.29, 0.717) is 13.2 Å². The third-order valence-electron chi connectivity index (χ3n) is 3.90. The minimum atomic E-state index is 0.558. The SMILES string of the molecule is CCCCc1cc(COC)nn1Cc1ccc(Br)c(COCC)c1. The average molecular weight is 395 g/mol. The largest absolute Gasteiger partial charge is 0.378 e. The van der Waals surface area contributed by atoms with Gasteiger partial charge in [-0.2, -0.15) is 5.10 Å². The zero-order valence-electron chi connectivity index (χ0n) is 14.8. The zero-order chi connectivity index (χ0) is 17.4. The highest BCUT2D eigenvalue weighted by molar-refractivity contribution is 9.10. The lowest BCUT2D eigenvalue weighted by Crippen LogP contribution is -2.07. The molecular weight excluding hydrogens is 368 g/mol. The highest BCUT2D eigenvalue weighted by Gasteiger charge is 2.10. The quantitative estimate of drug-likeness (QED) is 0.584. The molecule has 2 rings (SSSR count). The van der Waals surface area contributed by atoms with E-state index >= 15 is 0 Å². The molecule has 0 unspecified atom stereocenters. The van der Waals surface area contributed by atoms with Crippen LogP contribution in [0.3, 0.4) is 0 Å². The lowest BCUT2D eigenvalue weighted by Gasteiger charge is -2.10. The van der Waals surface area contributed by atoms with Gasteiger partial charge in [-0.1, -0.05) is 41.4 Å². The van der Waals surface area contributed by atoms with E-state index in [9.17, 15) is 0 Å². The molecule has 132 valence electrons. The molecule has 1 aromatic carbocycles. The van der Waals surface area contributed by atoms with Crippen LogP contribution in [0.2, 0.25) is 0 Å². The Morgan fingerprint density at radius 3 is 2.71 bits per heavy atom. The summed E-state index contributed by atoms with van der Waals surface area (Å²) in [6.07, 6.45) is 3.41. The molecule has 0 amide bonds. The summed E-state index contributed by atoms with van der Waals surface area (Å²) in [4.78, 5) is 0. The Morgan fingerprint density at radius 2 is 2.00 bits per heavy atom. The van der Waals surface area contributed by atoms with Gasteiger partial charge in [-0.05, 0) is 43.0 Å². The van der Waals surface area contributed by atoms with Crippen LogP contribution in [0.4, 0.5) is 0 Å².